The molecule has 0 unspecified atom stereocenters. The van der Waals surface area contributed by atoms with Crippen LogP contribution in [0.15, 0.2) is 59.5 Å². The topological polar surface area (TPSA) is 86.8 Å². The molecule has 0 aromatic heterocycles. The third kappa shape index (κ3) is 3.18. The van der Waals surface area contributed by atoms with Gasteiger partial charge >= 0.3 is 0 Å². The number of nitrogens with one attached hydrogen (secondary N) is 1. The van der Waals surface area contributed by atoms with Gasteiger partial charge in [-0.25, -0.2) is 8.42 Å². The van der Waals surface area contributed by atoms with Gasteiger partial charge in [0.1, 0.15) is 0 Å². The number of amides is 2. The summed E-state index contributed by atoms with van der Waals surface area (Å²) in [6.07, 6.45) is 1.74. The standard InChI is InChI=1S/C24H23N3O4S/c1-2-27-21-13-12-20(18-6-5-7-19(22(18)21)24(27)29)25-23(28)16-8-10-17(11-9-16)32(30,31)26-14-3-4-15-26/h5-13H,2-4,14-15H2,1H3,(H,25,28). The lowest BCUT2D eigenvalue weighted by molar-refractivity contribution is 0.0992. The second kappa shape index (κ2) is 7.72. The summed E-state index contributed by atoms with van der Waals surface area (Å²) in [5, 5.41) is 4.55. The van der Waals surface area contributed by atoms with E-state index in [9.17, 15) is 18.0 Å². The molecule has 0 saturated carbocycles. The second-order valence-corrected chi connectivity index (χ2v) is 9.94. The first kappa shape index (κ1) is 20.7. The van der Waals surface area contributed by atoms with Gasteiger partial charge in [-0.1, -0.05) is 12.1 Å². The van der Waals surface area contributed by atoms with Crippen molar-refractivity contribution in [3.05, 3.63) is 65.7 Å². The molecule has 3 aromatic carbocycles. The third-order valence-corrected chi connectivity index (χ3v) is 8.08. The summed E-state index contributed by atoms with van der Waals surface area (Å²) in [6, 6.07) is 15.2. The van der Waals surface area contributed by atoms with Crippen LogP contribution in [0.4, 0.5) is 11.4 Å². The van der Waals surface area contributed by atoms with Crippen molar-refractivity contribution in [2.75, 3.05) is 29.9 Å². The number of rotatable bonds is 5. The average Bonchev–Trinajstić information content (AvgIpc) is 3.44. The van der Waals surface area contributed by atoms with E-state index in [0.717, 1.165) is 29.3 Å². The van der Waals surface area contributed by atoms with Gasteiger partial charge in [0.2, 0.25) is 10.0 Å². The number of hydrogen-bond donors (Lipinski definition) is 1. The zero-order chi connectivity index (χ0) is 22.5. The van der Waals surface area contributed by atoms with E-state index >= 15 is 0 Å². The molecule has 2 aliphatic heterocycles. The smallest absolute Gasteiger partial charge is 0.258 e. The number of anilines is 2. The molecular formula is C24H23N3O4S. The lowest BCUT2D eigenvalue weighted by Crippen LogP contribution is -2.27. The Hall–Kier alpha value is -3.23. The molecule has 2 heterocycles. The molecule has 1 N–H and O–H groups in total. The van der Waals surface area contributed by atoms with Crippen LogP contribution in [0.3, 0.4) is 0 Å². The van der Waals surface area contributed by atoms with E-state index in [1.165, 1.54) is 28.6 Å². The van der Waals surface area contributed by atoms with Crippen LogP contribution in [0.2, 0.25) is 0 Å². The predicted octanol–water partition coefficient (Wildman–Crippen LogP) is 3.86. The van der Waals surface area contributed by atoms with Crippen molar-refractivity contribution in [1.29, 1.82) is 0 Å². The first-order valence-electron chi connectivity index (χ1n) is 10.7. The molecule has 8 heteroatoms. The maximum absolute atomic E-state index is 12.9. The van der Waals surface area contributed by atoms with Crippen LogP contribution in [-0.4, -0.2) is 44.2 Å². The zero-order valence-electron chi connectivity index (χ0n) is 17.7. The van der Waals surface area contributed by atoms with Crippen molar-refractivity contribution >= 4 is 44.0 Å². The summed E-state index contributed by atoms with van der Waals surface area (Å²) in [6.45, 7) is 3.57. The summed E-state index contributed by atoms with van der Waals surface area (Å²) in [4.78, 5) is 27.5. The second-order valence-electron chi connectivity index (χ2n) is 8.00. The molecule has 0 radical (unpaired) electrons. The molecule has 5 rings (SSSR count). The fourth-order valence-corrected chi connectivity index (χ4v) is 6.04. The number of carbonyl (C=O) groups is 2. The molecule has 2 aliphatic rings. The first-order chi connectivity index (χ1) is 15.4. The van der Waals surface area contributed by atoms with Gasteiger partial charge < -0.3 is 10.2 Å². The summed E-state index contributed by atoms with van der Waals surface area (Å²) in [7, 11) is -3.52. The van der Waals surface area contributed by atoms with Crippen molar-refractivity contribution in [2.24, 2.45) is 0 Å². The zero-order valence-corrected chi connectivity index (χ0v) is 18.5. The minimum Gasteiger partial charge on any atom is -0.321 e. The van der Waals surface area contributed by atoms with Crippen LogP contribution in [0, 0.1) is 0 Å². The Labute approximate surface area is 186 Å². The maximum Gasteiger partial charge on any atom is 0.258 e. The van der Waals surface area contributed by atoms with E-state index in [2.05, 4.69) is 5.32 Å². The summed E-state index contributed by atoms with van der Waals surface area (Å²) in [5.74, 6) is -0.376. The maximum atomic E-state index is 12.9. The SMILES string of the molecule is CCN1C(=O)c2cccc3c(NC(=O)c4ccc(S(=O)(=O)N5CCCC5)cc4)ccc1c23. The molecule has 0 spiro atoms. The monoisotopic (exact) mass is 449 g/mol. The van der Waals surface area contributed by atoms with Crippen LogP contribution >= 0.6 is 0 Å². The number of nitrogens with zero attached hydrogens (tertiary/aromatic N) is 2. The molecule has 1 saturated heterocycles. The molecular weight excluding hydrogens is 426 g/mol. The van der Waals surface area contributed by atoms with E-state index < -0.39 is 10.0 Å². The Balaban J connectivity index is 1.43. The van der Waals surface area contributed by atoms with Gasteiger partial charge in [-0.15, -0.1) is 0 Å². The normalized spacial score (nSPS) is 16.2. The average molecular weight is 450 g/mol. The fourth-order valence-electron chi connectivity index (χ4n) is 4.52. The van der Waals surface area contributed by atoms with Crippen LogP contribution in [0.25, 0.3) is 10.8 Å². The Morgan fingerprint density at radius 1 is 1.00 bits per heavy atom. The van der Waals surface area contributed by atoms with E-state index in [-0.39, 0.29) is 16.7 Å². The molecule has 0 aliphatic carbocycles. The quantitative estimate of drug-likeness (QED) is 0.641. The first-order valence-corrected chi connectivity index (χ1v) is 12.1. The van der Waals surface area contributed by atoms with Crippen molar-refractivity contribution in [3.63, 3.8) is 0 Å². The fraction of sp³-hybridized carbons (Fsp3) is 0.250. The van der Waals surface area contributed by atoms with E-state index in [1.807, 2.05) is 25.1 Å². The van der Waals surface area contributed by atoms with Crippen LogP contribution in [0.5, 0.6) is 0 Å². The van der Waals surface area contributed by atoms with E-state index in [4.69, 9.17) is 0 Å². The molecule has 3 aromatic rings. The summed E-state index contributed by atoms with van der Waals surface area (Å²) in [5.41, 5.74) is 2.44. The van der Waals surface area contributed by atoms with E-state index in [1.54, 1.807) is 17.0 Å². The number of benzene rings is 3. The molecule has 7 nitrogen and oxygen atoms in total. The van der Waals surface area contributed by atoms with Gasteiger partial charge in [0.05, 0.1) is 10.6 Å². The van der Waals surface area contributed by atoms with Crippen molar-refractivity contribution in [2.45, 2.75) is 24.7 Å². The van der Waals surface area contributed by atoms with Gasteiger partial charge in [0.25, 0.3) is 11.8 Å². The molecule has 0 bridgehead atoms. The van der Waals surface area contributed by atoms with Crippen molar-refractivity contribution < 1.29 is 18.0 Å². The Morgan fingerprint density at radius 2 is 1.72 bits per heavy atom. The lowest BCUT2D eigenvalue weighted by Gasteiger charge is -2.16. The van der Waals surface area contributed by atoms with Gasteiger partial charge in [-0.05, 0) is 62.2 Å². The Morgan fingerprint density at radius 3 is 2.41 bits per heavy atom. The van der Waals surface area contributed by atoms with Gasteiger partial charge in [-0.3, -0.25) is 9.59 Å². The minimum absolute atomic E-state index is 0.0358. The van der Waals surface area contributed by atoms with E-state index in [0.29, 0.717) is 36.4 Å². The largest absolute Gasteiger partial charge is 0.321 e. The van der Waals surface area contributed by atoms with Crippen molar-refractivity contribution in [1.82, 2.24) is 4.31 Å². The highest BCUT2D eigenvalue weighted by atomic mass is 32.2. The number of carbonyl (C=O) groups excluding carboxylic acids is 2. The van der Waals surface area contributed by atoms with Gasteiger partial charge in [0.15, 0.2) is 0 Å². The predicted molar refractivity (Wildman–Crippen MR) is 124 cm³/mol. The minimum atomic E-state index is -3.52. The Kier molecular flexibility index (Phi) is 4.98. The molecule has 164 valence electrons. The highest BCUT2D eigenvalue weighted by Gasteiger charge is 2.30. The lowest BCUT2D eigenvalue weighted by atomic mass is 10.0. The highest BCUT2D eigenvalue weighted by molar-refractivity contribution is 7.89. The third-order valence-electron chi connectivity index (χ3n) is 6.17. The summed E-state index contributed by atoms with van der Waals surface area (Å²) < 4.78 is 26.9. The molecule has 0 atom stereocenters. The number of hydrogen-bond acceptors (Lipinski definition) is 4. The molecule has 32 heavy (non-hydrogen) atoms. The molecule has 2 amide bonds. The van der Waals surface area contributed by atoms with Crippen LogP contribution < -0.4 is 10.2 Å². The highest BCUT2D eigenvalue weighted by Crippen LogP contribution is 2.40. The summed E-state index contributed by atoms with van der Waals surface area (Å²) >= 11 is 0. The number of sulfonamides is 1. The molecule has 1 fully saturated rings. The van der Waals surface area contributed by atoms with Crippen molar-refractivity contribution in [3.8, 4) is 0 Å². The van der Waals surface area contributed by atoms with Crippen LogP contribution in [-0.2, 0) is 10.0 Å². The van der Waals surface area contributed by atoms with Gasteiger partial charge in [-0.2, -0.15) is 4.31 Å². The van der Waals surface area contributed by atoms with Crippen LogP contribution in [0.1, 0.15) is 40.5 Å². The Bertz CT molecular complexity index is 1340. The van der Waals surface area contributed by atoms with Gasteiger partial charge in [0, 0.05) is 47.2 Å².